The van der Waals surface area contributed by atoms with E-state index in [0.29, 0.717) is 5.92 Å². The van der Waals surface area contributed by atoms with Crippen molar-refractivity contribution in [2.45, 2.75) is 37.6 Å². The van der Waals surface area contributed by atoms with Crippen molar-refractivity contribution in [3.63, 3.8) is 0 Å². The van der Waals surface area contributed by atoms with Crippen molar-refractivity contribution < 1.29 is 4.79 Å². The van der Waals surface area contributed by atoms with Crippen LogP contribution in [-0.4, -0.2) is 35.4 Å². The van der Waals surface area contributed by atoms with Crippen molar-refractivity contribution in [2.24, 2.45) is 0 Å². The zero-order chi connectivity index (χ0) is 15.6. The van der Waals surface area contributed by atoms with Gasteiger partial charge < -0.3 is 10.2 Å². The highest BCUT2D eigenvalue weighted by molar-refractivity contribution is 7.14. The Labute approximate surface area is 139 Å². The van der Waals surface area contributed by atoms with Gasteiger partial charge in [0.1, 0.15) is 0 Å². The number of aromatic amines is 1. The number of aromatic nitrogens is 2. The second-order valence-electron chi connectivity index (χ2n) is 6.29. The highest BCUT2D eigenvalue weighted by Gasteiger charge is 2.27. The van der Waals surface area contributed by atoms with E-state index in [2.05, 4.69) is 31.8 Å². The van der Waals surface area contributed by atoms with Crippen LogP contribution in [0.2, 0.25) is 0 Å². The van der Waals surface area contributed by atoms with E-state index < -0.39 is 0 Å². The van der Waals surface area contributed by atoms with Gasteiger partial charge in [0.25, 0.3) is 0 Å². The first-order valence-electron chi connectivity index (χ1n) is 8.19. The molecule has 0 bridgehead atoms. The molecule has 2 aliphatic rings. The van der Waals surface area contributed by atoms with Crippen molar-refractivity contribution in [1.82, 2.24) is 15.5 Å². The van der Waals surface area contributed by atoms with Gasteiger partial charge in [0.15, 0.2) is 5.82 Å². The Kier molecular flexibility index (Phi) is 3.95. The molecule has 1 aliphatic carbocycles. The summed E-state index contributed by atoms with van der Waals surface area (Å²) >= 11 is 1.53. The van der Waals surface area contributed by atoms with Gasteiger partial charge in [-0.25, -0.2) is 4.79 Å². The Bertz CT molecular complexity index is 656. The van der Waals surface area contributed by atoms with Crippen LogP contribution in [0.1, 0.15) is 37.3 Å². The normalized spacial score (nSPS) is 18.9. The summed E-state index contributed by atoms with van der Waals surface area (Å²) in [4.78, 5) is 14.3. The molecule has 4 rings (SSSR count). The Morgan fingerprint density at radius 1 is 1.30 bits per heavy atom. The number of amides is 2. The SMILES string of the molecule is O=C(Nc1cccs1)NC1CCN(c2cc(C3CC3)[nH]n2)CC1. The molecule has 2 aromatic heterocycles. The molecule has 1 saturated heterocycles. The third-order valence-electron chi connectivity index (χ3n) is 4.51. The second-order valence-corrected chi connectivity index (χ2v) is 7.24. The fraction of sp³-hybridized carbons (Fsp3) is 0.500. The lowest BCUT2D eigenvalue weighted by Gasteiger charge is -2.32. The zero-order valence-corrected chi connectivity index (χ0v) is 13.7. The summed E-state index contributed by atoms with van der Waals surface area (Å²) in [7, 11) is 0. The monoisotopic (exact) mass is 331 g/mol. The van der Waals surface area contributed by atoms with Crippen LogP contribution in [0.3, 0.4) is 0 Å². The third-order valence-corrected chi connectivity index (χ3v) is 5.30. The highest BCUT2D eigenvalue weighted by atomic mass is 32.1. The maximum absolute atomic E-state index is 12.0. The van der Waals surface area contributed by atoms with E-state index >= 15 is 0 Å². The van der Waals surface area contributed by atoms with Gasteiger partial charge in [-0.15, -0.1) is 11.3 Å². The highest BCUT2D eigenvalue weighted by Crippen LogP contribution is 2.40. The van der Waals surface area contributed by atoms with Gasteiger partial charge in [-0.1, -0.05) is 0 Å². The average molecular weight is 331 g/mol. The van der Waals surface area contributed by atoms with Crippen molar-refractivity contribution in [1.29, 1.82) is 0 Å². The topological polar surface area (TPSA) is 73.1 Å². The molecule has 1 aliphatic heterocycles. The minimum absolute atomic E-state index is 0.110. The molecule has 23 heavy (non-hydrogen) atoms. The van der Waals surface area contributed by atoms with Crippen LogP contribution in [0, 0.1) is 0 Å². The smallest absolute Gasteiger partial charge is 0.320 e. The predicted octanol–water partition coefficient (Wildman–Crippen LogP) is 3.14. The van der Waals surface area contributed by atoms with E-state index in [1.807, 2.05) is 17.5 Å². The maximum Gasteiger partial charge on any atom is 0.320 e. The van der Waals surface area contributed by atoms with Gasteiger partial charge in [-0.05, 0) is 43.2 Å². The number of nitrogens with zero attached hydrogens (tertiary/aromatic N) is 2. The summed E-state index contributed by atoms with van der Waals surface area (Å²) in [5, 5.41) is 16.4. The molecule has 6 nitrogen and oxygen atoms in total. The van der Waals surface area contributed by atoms with E-state index in [9.17, 15) is 4.79 Å². The van der Waals surface area contributed by atoms with Gasteiger partial charge in [0, 0.05) is 36.8 Å². The molecule has 7 heteroatoms. The number of rotatable bonds is 4. The van der Waals surface area contributed by atoms with Crippen molar-refractivity contribution in [3.8, 4) is 0 Å². The van der Waals surface area contributed by atoms with Gasteiger partial charge >= 0.3 is 6.03 Å². The van der Waals surface area contributed by atoms with Gasteiger partial charge in [0.2, 0.25) is 0 Å². The number of carbonyl (C=O) groups excluding carboxylic acids is 1. The summed E-state index contributed by atoms with van der Waals surface area (Å²) in [6, 6.07) is 6.14. The molecule has 0 radical (unpaired) electrons. The lowest BCUT2D eigenvalue weighted by Crippen LogP contribution is -2.46. The Balaban J connectivity index is 1.26. The molecule has 0 spiro atoms. The van der Waals surface area contributed by atoms with Gasteiger partial charge in [-0.2, -0.15) is 5.10 Å². The van der Waals surface area contributed by atoms with Crippen LogP contribution in [0.4, 0.5) is 15.6 Å². The number of anilines is 2. The molecule has 122 valence electrons. The number of nitrogens with one attached hydrogen (secondary N) is 3. The second kappa shape index (κ2) is 6.23. The van der Waals surface area contributed by atoms with E-state index in [1.165, 1.54) is 29.9 Å². The van der Waals surface area contributed by atoms with Crippen LogP contribution in [-0.2, 0) is 0 Å². The van der Waals surface area contributed by atoms with Crippen LogP contribution in [0.5, 0.6) is 0 Å². The van der Waals surface area contributed by atoms with E-state index in [1.54, 1.807) is 0 Å². The molecule has 2 aromatic rings. The maximum atomic E-state index is 12.0. The number of piperidine rings is 1. The molecule has 0 atom stereocenters. The number of hydrogen-bond donors (Lipinski definition) is 3. The molecule has 3 N–H and O–H groups in total. The van der Waals surface area contributed by atoms with Crippen molar-refractivity contribution in [3.05, 3.63) is 29.3 Å². The lowest BCUT2D eigenvalue weighted by atomic mass is 10.1. The third kappa shape index (κ3) is 3.50. The zero-order valence-electron chi connectivity index (χ0n) is 12.9. The van der Waals surface area contributed by atoms with Crippen molar-refractivity contribution in [2.75, 3.05) is 23.3 Å². The standard InChI is InChI=1S/C16H21N5OS/c22-16(18-15-2-1-9-23-15)17-12-5-7-21(8-6-12)14-10-13(19-20-14)11-3-4-11/h1-2,9-12H,3-8H2,(H,19,20)(H2,17,18,22). The molecule has 2 fully saturated rings. The number of urea groups is 1. The summed E-state index contributed by atoms with van der Waals surface area (Å²) in [5.41, 5.74) is 1.27. The Hall–Kier alpha value is -2.02. The molecule has 1 saturated carbocycles. The first-order chi connectivity index (χ1) is 11.3. The lowest BCUT2D eigenvalue weighted by molar-refractivity contribution is 0.246. The number of thiophene rings is 1. The van der Waals surface area contributed by atoms with Crippen LogP contribution in [0.15, 0.2) is 23.6 Å². The minimum Gasteiger partial charge on any atom is -0.355 e. The molecular weight excluding hydrogens is 310 g/mol. The van der Waals surface area contributed by atoms with Gasteiger partial charge in [-0.3, -0.25) is 10.4 Å². The molecule has 2 amide bonds. The van der Waals surface area contributed by atoms with Crippen LogP contribution >= 0.6 is 11.3 Å². The molecule has 0 unspecified atom stereocenters. The summed E-state index contributed by atoms with van der Waals surface area (Å²) in [5.74, 6) is 1.75. The number of carbonyl (C=O) groups is 1. The molecule has 3 heterocycles. The van der Waals surface area contributed by atoms with E-state index in [0.717, 1.165) is 36.8 Å². The minimum atomic E-state index is -0.110. The Morgan fingerprint density at radius 2 is 2.13 bits per heavy atom. The van der Waals surface area contributed by atoms with Crippen molar-refractivity contribution >= 4 is 28.2 Å². The van der Waals surface area contributed by atoms with Gasteiger partial charge in [0.05, 0.1) is 5.00 Å². The van der Waals surface area contributed by atoms with E-state index in [4.69, 9.17) is 0 Å². The van der Waals surface area contributed by atoms with Crippen LogP contribution < -0.4 is 15.5 Å². The predicted molar refractivity (Wildman–Crippen MR) is 92.3 cm³/mol. The summed E-state index contributed by atoms with van der Waals surface area (Å²) in [6.07, 6.45) is 4.47. The summed E-state index contributed by atoms with van der Waals surface area (Å²) in [6.45, 7) is 1.86. The Morgan fingerprint density at radius 3 is 2.83 bits per heavy atom. The average Bonchev–Trinajstić information content (AvgIpc) is 3.07. The fourth-order valence-corrected chi connectivity index (χ4v) is 3.64. The fourth-order valence-electron chi connectivity index (χ4n) is 3.03. The van der Waals surface area contributed by atoms with Crippen LogP contribution in [0.25, 0.3) is 0 Å². The first-order valence-corrected chi connectivity index (χ1v) is 9.07. The number of H-pyrrole nitrogens is 1. The number of hydrogen-bond acceptors (Lipinski definition) is 4. The first kappa shape index (κ1) is 14.6. The molecule has 0 aromatic carbocycles. The summed E-state index contributed by atoms with van der Waals surface area (Å²) < 4.78 is 0. The molecular formula is C16H21N5OS. The largest absolute Gasteiger partial charge is 0.355 e. The quantitative estimate of drug-likeness (QED) is 0.806. The van der Waals surface area contributed by atoms with E-state index in [-0.39, 0.29) is 12.1 Å².